The lowest BCUT2D eigenvalue weighted by molar-refractivity contribution is -0.129. The van der Waals surface area contributed by atoms with Crippen LogP contribution in [0.1, 0.15) is 37.9 Å². The van der Waals surface area contributed by atoms with Crippen molar-refractivity contribution in [2.75, 3.05) is 39.0 Å². The summed E-state index contributed by atoms with van der Waals surface area (Å²) in [5.41, 5.74) is 0.941. The van der Waals surface area contributed by atoms with Gasteiger partial charge in [0.2, 0.25) is 5.91 Å². The Morgan fingerprint density at radius 3 is 2.80 bits per heavy atom. The molecule has 0 bridgehead atoms. The number of methoxy groups -OCH3 is 1. The maximum atomic E-state index is 13.0. The van der Waals surface area contributed by atoms with Gasteiger partial charge in [-0.3, -0.25) is 9.36 Å². The first-order chi connectivity index (χ1) is 14.7. The maximum Gasteiger partial charge on any atom is 0.233 e. The van der Waals surface area contributed by atoms with Crippen molar-refractivity contribution in [1.29, 1.82) is 0 Å². The molecule has 2 aliphatic heterocycles. The van der Waals surface area contributed by atoms with Crippen molar-refractivity contribution in [1.82, 2.24) is 24.6 Å². The van der Waals surface area contributed by atoms with Gasteiger partial charge in [0.25, 0.3) is 0 Å². The fourth-order valence-corrected chi connectivity index (χ4v) is 5.37. The summed E-state index contributed by atoms with van der Waals surface area (Å²) in [4.78, 5) is 17.7. The number of carbonyl (C=O) groups is 1. The van der Waals surface area contributed by atoms with Crippen molar-refractivity contribution in [2.24, 2.45) is 0 Å². The zero-order valence-electron chi connectivity index (χ0n) is 17.9. The molecule has 2 saturated heterocycles. The van der Waals surface area contributed by atoms with Crippen LogP contribution >= 0.6 is 11.8 Å². The Bertz CT molecular complexity index is 865. The number of ether oxygens (including phenoxy) is 1. The van der Waals surface area contributed by atoms with Crippen molar-refractivity contribution in [3.05, 3.63) is 30.1 Å². The second-order valence-corrected chi connectivity index (χ2v) is 9.04. The minimum Gasteiger partial charge on any atom is -0.497 e. The van der Waals surface area contributed by atoms with E-state index in [9.17, 15) is 4.79 Å². The maximum absolute atomic E-state index is 13.0. The van der Waals surface area contributed by atoms with Crippen LogP contribution in [0.25, 0.3) is 5.69 Å². The number of hydrogen-bond acceptors (Lipinski definition) is 6. The third-order valence-electron chi connectivity index (χ3n) is 6.05. The van der Waals surface area contributed by atoms with Crippen molar-refractivity contribution in [3.8, 4) is 11.4 Å². The number of aryl methyl sites for hydroxylation is 1. The zero-order chi connectivity index (χ0) is 20.9. The van der Waals surface area contributed by atoms with E-state index in [0.29, 0.717) is 11.8 Å². The Labute approximate surface area is 182 Å². The van der Waals surface area contributed by atoms with E-state index in [1.807, 2.05) is 35.8 Å². The summed E-state index contributed by atoms with van der Waals surface area (Å²) >= 11 is 1.46. The first kappa shape index (κ1) is 21.2. The monoisotopic (exact) mass is 429 g/mol. The lowest BCUT2D eigenvalue weighted by atomic mass is 10.1. The predicted molar refractivity (Wildman–Crippen MR) is 118 cm³/mol. The van der Waals surface area contributed by atoms with E-state index in [4.69, 9.17) is 4.74 Å². The second kappa shape index (κ2) is 9.83. The normalized spacial score (nSPS) is 19.9. The summed E-state index contributed by atoms with van der Waals surface area (Å²) in [6.07, 6.45) is 6.14. The van der Waals surface area contributed by atoms with E-state index in [1.54, 1.807) is 7.11 Å². The number of rotatable bonds is 7. The van der Waals surface area contributed by atoms with Gasteiger partial charge < -0.3 is 14.5 Å². The molecule has 1 atom stereocenters. The van der Waals surface area contributed by atoms with Gasteiger partial charge in [0, 0.05) is 25.2 Å². The van der Waals surface area contributed by atoms with Crippen LogP contribution in [-0.4, -0.2) is 75.6 Å². The summed E-state index contributed by atoms with van der Waals surface area (Å²) in [5, 5.41) is 9.29. The van der Waals surface area contributed by atoms with Gasteiger partial charge in [-0.2, -0.15) is 0 Å². The molecule has 0 saturated carbocycles. The number of amides is 1. The molecular weight excluding hydrogens is 398 g/mol. The quantitative estimate of drug-likeness (QED) is 0.630. The number of benzene rings is 1. The minimum atomic E-state index is 0.206. The van der Waals surface area contributed by atoms with E-state index < -0.39 is 0 Å². The molecule has 8 heteroatoms. The smallest absolute Gasteiger partial charge is 0.233 e. The highest BCUT2D eigenvalue weighted by Gasteiger charge is 2.30. The van der Waals surface area contributed by atoms with Gasteiger partial charge in [0.15, 0.2) is 5.16 Å². The number of hydrogen-bond donors (Lipinski definition) is 0. The Balaban J connectivity index is 1.40. The summed E-state index contributed by atoms with van der Waals surface area (Å²) in [6, 6.07) is 8.17. The van der Waals surface area contributed by atoms with Crippen LogP contribution in [0.15, 0.2) is 29.4 Å². The summed E-state index contributed by atoms with van der Waals surface area (Å²) in [5.74, 6) is 2.17. The highest BCUT2D eigenvalue weighted by Crippen LogP contribution is 2.26. The number of piperidine rings is 1. The van der Waals surface area contributed by atoms with Gasteiger partial charge in [-0.1, -0.05) is 24.2 Å². The van der Waals surface area contributed by atoms with E-state index in [2.05, 4.69) is 20.0 Å². The lowest BCUT2D eigenvalue weighted by Gasteiger charge is -2.33. The standard InChI is InChI=1S/C22H31N5O2S/c1-17-23-24-22(27(17)18-8-6-10-20(14-18)29-2)30-16-21(28)26-13-7-9-19(26)15-25-11-4-3-5-12-25/h6,8,10,14,19H,3-5,7,9,11-13,15-16H2,1-2H3. The van der Waals surface area contributed by atoms with Crippen LogP contribution in [0.2, 0.25) is 0 Å². The van der Waals surface area contributed by atoms with Crippen molar-refractivity contribution in [2.45, 2.75) is 50.2 Å². The Hall–Kier alpha value is -2.06. The Kier molecular flexibility index (Phi) is 6.94. The molecule has 0 N–H and O–H groups in total. The van der Waals surface area contributed by atoms with E-state index in [0.717, 1.165) is 48.3 Å². The average molecular weight is 430 g/mol. The second-order valence-electron chi connectivity index (χ2n) is 8.10. The SMILES string of the molecule is COc1cccc(-n2c(C)nnc2SCC(=O)N2CCCC2CN2CCCCC2)c1. The van der Waals surface area contributed by atoms with Crippen LogP contribution in [0, 0.1) is 6.92 Å². The molecule has 7 nitrogen and oxygen atoms in total. The van der Waals surface area contributed by atoms with Crippen LogP contribution in [0.4, 0.5) is 0 Å². The molecule has 2 aliphatic rings. The van der Waals surface area contributed by atoms with E-state index in [-0.39, 0.29) is 5.91 Å². The van der Waals surface area contributed by atoms with Gasteiger partial charge in [-0.15, -0.1) is 10.2 Å². The number of nitrogens with zero attached hydrogens (tertiary/aromatic N) is 5. The van der Waals surface area contributed by atoms with E-state index >= 15 is 0 Å². The van der Waals surface area contributed by atoms with Crippen molar-refractivity contribution >= 4 is 17.7 Å². The van der Waals surface area contributed by atoms with Crippen LogP contribution in [-0.2, 0) is 4.79 Å². The molecule has 2 aromatic rings. The molecule has 3 heterocycles. The van der Waals surface area contributed by atoms with Gasteiger partial charge in [0.05, 0.1) is 18.6 Å². The topological polar surface area (TPSA) is 63.5 Å². The largest absolute Gasteiger partial charge is 0.497 e. The highest BCUT2D eigenvalue weighted by atomic mass is 32.2. The lowest BCUT2D eigenvalue weighted by Crippen LogP contribution is -2.45. The molecule has 0 spiro atoms. The third kappa shape index (κ3) is 4.81. The Morgan fingerprint density at radius 2 is 2.00 bits per heavy atom. The molecule has 1 aromatic heterocycles. The van der Waals surface area contributed by atoms with Crippen molar-refractivity contribution < 1.29 is 9.53 Å². The van der Waals surface area contributed by atoms with Crippen LogP contribution < -0.4 is 4.74 Å². The molecule has 30 heavy (non-hydrogen) atoms. The molecule has 1 aromatic carbocycles. The molecular formula is C22H31N5O2S. The molecule has 0 radical (unpaired) electrons. The molecule has 0 aliphatic carbocycles. The predicted octanol–water partition coefficient (Wildman–Crippen LogP) is 3.15. The molecule has 1 amide bonds. The average Bonchev–Trinajstić information content (AvgIpc) is 3.39. The molecule has 162 valence electrons. The fourth-order valence-electron chi connectivity index (χ4n) is 4.49. The third-order valence-corrected chi connectivity index (χ3v) is 6.96. The number of likely N-dealkylation sites (tertiary alicyclic amines) is 2. The van der Waals surface area contributed by atoms with Crippen LogP contribution in [0.5, 0.6) is 5.75 Å². The fraction of sp³-hybridized carbons (Fsp3) is 0.591. The van der Waals surface area contributed by atoms with Gasteiger partial charge >= 0.3 is 0 Å². The zero-order valence-corrected chi connectivity index (χ0v) is 18.7. The Morgan fingerprint density at radius 1 is 1.17 bits per heavy atom. The first-order valence-corrected chi connectivity index (χ1v) is 11.9. The molecule has 2 fully saturated rings. The number of aromatic nitrogens is 3. The van der Waals surface area contributed by atoms with Gasteiger partial charge in [0.1, 0.15) is 11.6 Å². The summed E-state index contributed by atoms with van der Waals surface area (Å²) in [6.45, 7) is 6.18. The summed E-state index contributed by atoms with van der Waals surface area (Å²) in [7, 11) is 1.66. The molecule has 4 rings (SSSR count). The van der Waals surface area contributed by atoms with Crippen molar-refractivity contribution in [3.63, 3.8) is 0 Å². The van der Waals surface area contributed by atoms with Gasteiger partial charge in [-0.05, 0) is 57.8 Å². The van der Waals surface area contributed by atoms with Gasteiger partial charge in [-0.25, -0.2) is 0 Å². The number of carbonyl (C=O) groups excluding carboxylic acids is 1. The van der Waals surface area contributed by atoms with Crippen LogP contribution in [0.3, 0.4) is 0 Å². The first-order valence-electron chi connectivity index (χ1n) is 10.9. The molecule has 1 unspecified atom stereocenters. The number of thioether (sulfide) groups is 1. The summed E-state index contributed by atoms with van der Waals surface area (Å²) < 4.78 is 7.33. The highest BCUT2D eigenvalue weighted by molar-refractivity contribution is 7.99. The van der Waals surface area contributed by atoms with E-state index in [1.165, 1.54) is 44.1 Å². The minimum absolute atomic E-state index is 0.206.